The minimum atomic E-state index is 1.06. The average molecular weight is 118 g/mol. The van der Waals surface area contributed by atoms with Gasteiger partial charge in [-0.3, -0.25) is 0 Å². The molecule has 0 saturated carbocycles. The van der Waals surface area contributed by atoms with E-state index in [9.17, 15) is 0 Å². The molecular formula is C9H10. The summed E-state index contributed by atoms with van der Waals surface area (Å²) in [4.78, 5) is 0. The van der Waals surface area contributed by atoms with Gasteiger partial charge in [-0.05, 0) is 24.5 Å². The van der Waals surface area contributed by atoms with Gasteiger partial charge in [-0.15, -0.1) is 12.3 Å². The second-order valence-electron chi connectivity index (χ2n) is 2.02. The third kappa shape index (κ3) is 1.75. The summed E-state index contributed by atoms with van der Waals surface area (Å²) < 4.78 is 0. The predicted molar refractivity (Wildman–Crippen MR) is 40.2 cm³/mol. The Labute approximate surface area is 55.9 Å². The highest BCUT2D eigenvalue weighted by Gasteiger charge is 1.90. The van der Waals surface area contributed by atoms with Crippen LogP contribution >= 0.6 is 0 Å². The molecule has 1 aliphatic rings. The largest absolute Gasteiger partial charge is 0.117 e. The molecular weight excluding hydrogens is 108 g/mol. The van der Waals surface area contributed by atoms with Crippen LogP contribution in [-0.2, 0) is 0 Å². The molecule has 1 aliphatic carbocycles. The van der Waals surface area contributed by atoms with E-state index in [1.54, 1.807) is 0 Å². The molecule has 0 radical (unpaired) electrons. The first-order valence-corrected chi connectivity index (χ1v) is 3.16. The zero-order valence-electron chi connectivity index (χ0n) is 5.43. The molecule has 1 rings (SSSR count). The van der Waals surface area contributed by atoms with Crippen LogP contribution in [0.25, 0.3) is 0 Å². The monoisotopic (exact) mass is 118 g/mol. The van der Waals surface area contributed by atoms with E-state index in [2.05, 4.69) is 18.4 Å². The summed E-state index contributed by atoms with van der Waals surface area (Å²) in [6.45, 7) is 3.65. The summed E-state index contributed by atoms with van der Waals surface area (Å²) in [6.07, 6.45) is 10.1. The van der Waals surface area contributed by atoms with Gasteiger partial charge in [0.1, 0.15) is 0 Å². The van der Waals surface area contributed by atoms with Crippen LogP contribution in [0, 0.1) is 0 Å². The maximum Gasteiger partial charge on any atom is -0.00571 e. The molecule has 0 nitrogen and oxygen atoms in total. The summed E-state index contributed by atoms with van der Waals surface area (Å²) in [5, 5.41) is 0. The average Bonchev–Trinajstić information content (AvgIpc) is 2.34. The summed E-state index contributed by atoms with van der Waals surface area (Å²) in [5.41, 5.74) is 4.41. The highest BCUT2D eigenvalue weighted by molar-refractivity contribution is 5.28. The zero-order chi connectivity index (χ0) is 6.53. The summed E-state index contributed by atoms with van der Waals surface area (Å²) in [6, 6.07) is 0. The molecule has 0 aromatic heterocycles. The van der Waals surface area contributed by atoms with Crippen molar-refractivity contribution in [1.82, 2.24) is 0 Å². The topological polar surface area (TPSA) is 0 Å². The van der Waals surface area contributed by atoms with Crippen LogP contribution in [-0.4, -0.2) is 0 Å². The van der Waals surface area contributed by atoms with E-state index in [4.69, 9.17) is 0 Å². The molecule has 0 heterocycles. The first-order valence-electron chi connectivity index (χ1n) is 3.16. The van der Waals surface area contributed by atoms with Crippen molar-refractivity contribution in [2.75, 3.05) is 0 Å². The van der Waals surface area contributed by atoms with E-state index in [0.717, 1.165) is 12.8 Å². The van der Waals surface area contributed by atoms with Crippen molar-refractivity contribution in [3.05, 3.63) is 42.2 Å². The smallest absolute Gasteiger partial charge is 0.00571 e. The van der Waals surface area contributed by atoms with Crippen LogP contribution in [0.5, 0.6) is 0 Å². The van der Waals surface area contributed by atoms with Crippen molar-refractivity contribution in [1.29, 1.82) is 0 Å². The maximum absolute atomic E-state index is 3.65. The normalized spacial score (nSPS) is 14.0. The van der Waals surface area contributed by atoms with Crippen molar-refractivity contribution in [2.45, 2.75) is 12.8 Å². The van der Waals surface area contributed by atoms with Crippen molar-refractivity contribution in [2.24, 2.45) is 0 Å². The van der Waals surface area contributed by atoms with Crippen LogP contribution in [0.1, 0.15) is 12.8 Å². The molecule has 0 atom stereocenters. The van der Waals surface area contributed by atoms with Crippen molar-refractivity contribution in [3.63, 3.8) is 0 Å². The van der Waals surface area contributed by atoms with Gasteiger partial charge in [-0.2, -0.15) is 0 Å². The number of allylic oxidation sites excluding steroid dienone is 4. The van der Waals surface area contributed by atoms with E-state index < -0.39 is 0 Å². The molecule has 46 valence electrons. The lowest BCUT2D eigenvalue weighted by Gasteiger charge is -1.89. The minimum absolute atomic E-state index is 1.06. The molecule has 0 heteroatoms. The Morgan fingerprint density at radius 2 is 2.56 bits per heavy atom. The minimum Gasteiger partial charge on any atom is -0.117 e. The molecule has 0 saturated heterocycles. The van der Waals surface area contributed by atoms with Crippen molar-refractivity contribution < 1.29 is 0 Å². The number of rotatable bonds is 3. The van der Waals surface area contributed by atoms with Gasteiger partial charge in [0, 0.05) is 0 Å². The van der Waals surface area contributed by atoms with Crippen molar-refractivity contribution in [3.8, 4) is 0 Å². The van der Waals surface area contributed by atoms with Crippen molar-refractivity contribution >= 4 is 0 Å². The van der Waals surface area contributed by atoms with Crippen LogP contribution in [0.2, 0.25) is 0 Å². The van der Waals surface area contributed by atoms with E-state index >= 15 is 0 Å². The Bertz CT molecular complexity index is 188. The first-order chi connectivity index (χ1) is 4.43. The number of hydrogen-bond acceptors (Lipinski definition) is 0. The lowest BCUT2D eigenvalue weighted by molar-refractivity contribution is 1.02. The van der Waals surface area contributed by atoms with Crippen LogP contribution in [0.4, 0.5) is 0 Å². The van der Waals surface area contributed by atoms with Gasteiger partial charge in [0.15, 0.2) is 0 Å². The molecule has 9 heavy (non-hydrogen) atoms. The lowest BCUT2D eigenvalue weighted by Crippen LogP contribution is -1.71. The second kappa shape index (κ2) is 3.11. The maximum atomic E-state index is 3.65. The molecule has 0 unspecified atom stereocenters. The summed E-state index contributed by atoms with van der Waals surface area (Å²) in [7, 11) is 0. The fourth-order valence-corrected chi connectivity index (χ4v) is 0.781. The quantitative estimate of drug-likeness (QED) is 0.394. The SMILES string of the molecule is C=CCCC1=C=CC=C1. The summed E-state index contributed by atoms with van der Waals surface area (Å²) >= 11 is 0. The second-order valence-corrected chi connectivity index (χ2v) is 2.02. The molecule has 0 aromatic carbocycles. The Morgan fingerprint density at radius 3 is 3.11 bits per heavy atom. The highest BCUT2D eigenvalue weighted by atomic mass is 13.9. The molecule has 0 aromatic rings. The van der Waals surface area contributed by atoms with Gasteiger partial charge in [-0.1, -0.05) is 18.2 Å². The van der Waals surface area contributed by atoms with E-state index in [0.29, 0.717) is 0 Å². The molecule has 0 fully saturated rings. The fourth-order valence-electron chi connectivity index (χ4n) is 0.781. The van der Waals surface area contributed by atoms with Crippen LogP contribution in [0.15, 0.2) is 42.2 Å². The Hall–Kier alpha value is -1.00. The Kier molecular flexibility index (Phi) is 2.12. The molecule has 0 N–H and O–H groups in total. The van der Waals surface area contributed by atoms with Gasteiger partial charge >= 0.3 is 0 Å². The van der Waals surface area contributed by atoms with Gasteiger partial charge in [0.25, 0.3) is 0 Å². The van der Waals surface area contributed by atoms with Gasteiger partial charge in [-0.25, -0.2) is 0 Å². The predicted octanol–water partition coefficient (Wildman–Crippen LogP) is 2.60. The Balaban J connectivity index is 2.37. The van der Waals surface area contributed by atoms with Gasteiger partial charge in [0.05, 0.1) is 0 Å². The third-order valence-corrected chi connectivity index (χ3v) is 1.28. The highest BCUT2D eigenvalue weighted by Crippen LogP contribution is 2.08. The first kappa shape index (κ1) is 6.12. The third-order valence-electron chi connectivity index (χ3n) is 1.28. The van der Waals surface area contributed by atoms with Gasteiger partial charge in [0.2, 0.25) is 0 Å². The zero-order valence-corrected chi connectivity index (χ0v) is 5.43. The van der Waals surface area contributed by atoms with Gasteiger partial charge < -0.3 is 0 Å². The molecule has 0 aliphatic heterocycles. The van der Waals surface area contributed by atoms with Crippen LogP contribution in [0.3, 0.4) is 0 Å². The summed E-state index contributed by atoms with van der Waals surface area (Å²) in [5.74, 6) is 0. The molecule has 0 spiro atoms. The van der Waals surface area contributed by atoms with E-state index in [1.807, 2.05) is 18.2 Å². The fraction of sp³-hybridized carbons (Fsp3) is 0.222. The van der Waals surface area contributed by atoms with E-state index in [1.165, 1.54) is 5.57 Å². The standard InChI is InChI=1S/C9H10/c1-2-3-6-9-7-4-5-8-9/h2,4-5,7H,1,3,6H2. The Morgan fingerprint density at radius 1 is 1.67 bits per heavy atom. The lowest BCUT2D eigenvalue weighted by atomic mass is 10.2. The molecule has 0 amide bonds. The number of hydrogen-bond donors (Lipinski definition) is 0. The molecule has 0 bridgehead atoms. The van der Waals surface area contributed by atoms with E-state index in [-0.39, 0.29) is 0 Å². The van der Waals surface area contributed by atoms with Crippen LogP contribution < -0.4 is 0 Å².